The lowest BCUT2D eigenvalue weighted by Crippen LogP contribution is -2.53. The van der Waals surface area contributed by atoms with Gasteiger partial charge in [-0.05, 0) is 48.6 Å². The smallest absolute Gasteiger partial charge is 0.291 e. The number of hydrogen-bond acceptors (Lipinski definition) is 5. The fourth-order valence-corrected chi connectivity index (χ4v) is 4.36. The first-order valence-corrected chi connectivity index (χ1v) is 10.6. The topological polar surface area (TPSA) is 92.0 Å². The van der Waals surface area contributed by atoms with Gasteiger partial charge >= 0.3 is 0 Å². The van der Waals surface area contributed by atoms with E-state index in [-0.39, 0.29) is 24.2 Å². The highest BCUT2D eigenvalue weighted by molar-refractivity contribution is 6.02. The molecule has 1 saturated carbocycles. The van der Waals surface area contributed by atoms with Crippen molar-refractivity contribution in [2.75, 3.05) is 25.1 Å². The van der Waals surface area contributed by atoms with Crippen LogP contribution in [0.4, 0.5) is 5.69 Å². The Morgan fingerprint density at radius 2 is 1.93 bits per heavy atom. The van der Waals surface area contributed by atoms with E-state index in [1.165, 1.54) is 25.5 Å². The van der Waals surface area contributed by atoms with Gasteiger partial charge in [0.25, 0.3) is 5.91 Å². The molecular weight excluding hydrogens is 384 g/mol. The highest BCUT2D eigenvalue weighted by Crippen LogP contribution is 2.30. The van der Waals surface area contributed by atoms with Gasteiger partial charge in [0.1, 0.15) is 12.7 Å². The summed E-state index contributed by atoms with van der Waals surface area (Å²) in [5.74, 6) is 0.335. The Kier molecular flexibility index (Phi) is 6.50. The number of nitrogens with zero attached hydrogens (tertiary/aromatic N) is 1. The number of carbonyl (C=O) groups is 2. The summed E-state index contributed by atoms with van der Waals surface area (Å²) in [7, 11) is 0. The Balaban J connectivity index is 1.42. The molecule has 2 amide bonds. The van der Waals surface area contributed by atoms with Crippen molar-refractivity contribution in [3.8, 4) is 0 Å². The molecule has 2 N–H and O–H groups in total. The number of carbonyl (C=O) groups excluding carboxylic acids is 2. The van der Waals surface area contributed by atoms with E-state index in [1.54, 1.807) is 36.4 Å². The van der Waals surface area contributed by atoms with Crippen LogP contribution in [-0.4, -0.2) is 47.6 Å². The van der Waals surface area contributed by atoms with Crippen LogP contribution < -0.4 is 5.32 Å². The molecule has 2 atom stereocenters. The lowest BCUT2D eigenvalue weighted by molar-refractivity contribution is -0.155. The maximum Gasteiger partial charge on any atom is 0.291 e. The first kappa shape index (κ1) is 20.6. The van der Waals surface area contributed by atoms with E-state index in [0.29, 0.717) is 30.3 Å². The number of rotatable bonds is 6. The van der Waals surface area contributed by atoms with Gasteiger partial charge in [-0.2, -0.15) is 0 Å². The third-order valence-corrected chi connectivity index (χ3v) is 6.03. The number of aliphatic hydroxyl groups excluding tert-OH is 1. The lowest BCUT2D eigenvalue weighted by Gasteiger charge is -2.40. The summed E-state index contributed by atoms with van der Waals surface area (Å²) < 4.78 is 10.5. The summed E-state index contributed by atoms with van der Waals surface area (Å²) in [4.78, 5) is 26.4. The van der Waals surface area contributed by atoms with Crippen LogP contribution in [0.5, 0.6) is 0 Å². The van der Waals surface area contributed by atoms with E-state index in [0.717, 1.165) is 12.8 Å². The van der Waals surface area contributed by atoms with Crippen molar-refractivity contribution in [1.82, 2.24) is 4.90 Å². The van der Waals surface area contributed by atoms with Gasteiger partial charge in [-0.25, -0.2) is 0 Å². The molecule has 2 heterocycles. The van der Waals surface area contributed by atoms with Gasteiger partial charge in [0.2, 0.25) is 5.91 Å². The average Bonchev–Trinajstić information content (AvgIpc) is 3.31. The van der Waals surface area contributed by atoms with Crippen LogP contribution in [0.1, 0.15) is 54.3 Å². The van der Waals surface area contributed by atoms with Crippen molar-refractivity contribution in [1.29, 1.82) is 0 Å². The maximum atomic E-state index is 12.5. The molecule has 30 heavy (non-hydrogen) atoms. The van der Waals surface area contributed by atoms with Crippen LogP contribution in [0, 0.1) is 5.92 Å². The van der Waals surface area contributed by atoms with Crippen LogP contribution in [-0.2, 0) is 9.53 Å². The standard InChI is InChI=1S/C23H28N2O5/c26-21-15-29-14-19(25(21)13-16-5-2-1-3-6-16)22(27)17-8-10-18(11-9-17)24-23(28)20-7-4-12-30-20/h4,7-12,16,19,22,27H,1-3,5-6,13-15H2,(H,24,28). The van der Waals surface area contributed by atoms with Crippen molar-refractivity contribution in [2.24, 2.45) is 5.92 Å². The number of amides is 2. The molecule has 2 aliphatic rings. The van der Waals surface area contributed by atoms with Gasteiger partial charge in [-0.15, -0.1) is 0 Å². The zero-order chi connectivity index (χ0) is 20.9. The fourth-order valence-electron chi connectivity index (χ4n) is 4.36. The quantitative estimate of drug-likeness (QED) is 0.759. The van der Waals surface area contributed by atoms with Crippen LogP contribution in [0.25, 0.3) is 0 Å². The Morgan fingerprint density at radius 3 is 2.63 bits per heavy atom. The summed E-state index contributed by atoms with van der Waals surface area (Å²) in [6.07, 6.45) is 6.55. The average molecular weight is 412 g/mol. The van der Waals surface area contributed by atoms with Crippen molar-refractivity contribution < 1.29 is 23.8 Å². The number of morpholine rings is 1. The first-order chi connectivity index (χ1) is 14.6. The number of nitrogens with one attached hydrogen (secondary N) is 1. The van der Waals surface area contributed by atoms with Gasteiger partial charge in [-0.1, -0.05) is 31.4 Å². The minimum absolute atomic E-state index is 0.0572. The molecule has 4 rings (SSSR count). The zero-order valence-corrected chi connectivity index (χ0v) is 17.0. The molecule has 0 radical (unpaired) electrons. The van der Waals surface area contributed by atoms with Crippen LogP contribution in [0.15, 0.2) is 47.1 Å². The molecule has 1 aromatic heterocycles. The summed E-state index contributed by atoms with van der Waals surface area (Å²) in [5.41, 5.74) is 1.28. The third-order valence-electron chi connectivity index (χ3n) is 6.03. The zero-order valence-electron chi connectivity index (χ0n) is 17.0. The Morgan fingerprint density at radius 1 is 1.17 bits per heavy atom. The molecule has 7 heteroatoms. The molecule has 7 nitrogen and oxygen atoms in total. The summed E-state index contributed by atoms with van der Waals surface area (Å²) >= 11 is 0. The molecular formula is C23H28N2O5. The second-order valence-corrected chi connectivity index (χ2v) is 8.13. The molecule has 2 aromatic rings. The summed E-state index contributed by atoms with van der Waals surface area (Å²) in [6, 6.07) is 9.83. The van der Waals surface area contributed by atoms with E-state index in [9.17, 15) is 14.7 Å². The van der Waals surface area contributed by atoms with Crippen LogP contribution in [0.3, 0.4) is 0 Å². The second-order valence-electron chi connectivity index (χ2n) is 8.13. The normalized spacial score (nSPS) is 21.4. The third kappa shape index (κ3) is 4.74. The molecule has 2 fully saturated rings. The molecule has 0 bridgehead atoms. The number of benzene rings is 1. The minimum Gasteiger partial charge on any atom is -0.459 e. The van der Waals surface area contributed by atoms with Crippen molar-refractivity contribution in [3.63, 3.8) is 0 Å². The Labute approximate surface area is 176 Å². The Bertz CT molecular complexity index is 843. The SMILES string of the molecule is O=C(Nc1ccc(C(O)C2COCC(=O)N2CC2CCCCC2)cc1)c1ccco1. The van der Waals surface area contributed by atoms with E-state index < -0.39 is 12.1 Å². The molecule has 2 unspecified atom stereocenters. The second kappa shape index (κ2) is 9.45. The minimum atomic E-state index is -0.854. The van der Waals surface area contributed by atoms with Crippen LogP contribution in [0.2, 0.25) is 0 Å². The molecule has 1 aliphatic carbocycles. The molecule has 1 aromatic carbocycles. The van der Waals surface area contributed by atoms with Crippen molar-refractivity contribution >= 4 is 17.5 Å². The number of anilines is 1. The summed E-state index contributed by atoms with van der Waals surface area (Å²) in [5, 5.41) is 13.8. The van der Waals surface area contributed by atoms with Gasteiger partial charge in [0.05, 0.1) is 18.9 Å². The van der Waals surface area contributed by atoms with E-state index >= 15 is 0 Å². The molecule has 1 saturated heterocycles. The monoisotopic (exact) mass is 412 g/mol. The van der Waals surface area contributed by atoms with Gasteiger partial charge in [0, 0.05) is 12.2 Å². The highest BCUT2D eigenvalue weighted by Gasteiger charge is 2.36. The van der Waals surface area contributed by atoms with Gasteiger partial charge < -0.3 is 24.5 Å². The number of furan rings is 1. The van der Waals surface area contributed by atoms with Crippen LogP contribution >= 0.6 is 0 Å². The number of aliphatic hydroxyl groups is 1. The van der Waals surface area contributed by atoms with E-state index in [1.807, 2.05) is 4.90 Å². The summed E-state index contributed by atoms with van der Waals surface area (Å²) in [6.45, 7) is 1.07. The van der Waals surface area contributed by atoms with E-state index in [4.69, 9.17) is 9.15 Å². The predicted molar refractivity (Wildman–Crippen MR) is 111 cm³/mol. The van der Waals surface area contributed by atoms with Gasteiger partial charge in [0.15, 0.2) is 5.76 Å². The predicted octanol–water partition coefficient (Wildman–Crippen LogP) is 3.37. The Hall–Kier alpha value is -2.64. The maximum absolute atomic E-state index is 12.5. The lowest BCUT2D eigenvalue weighted by atomic mass is 9.88. The highest BCUT2D eigenvalue weighted by atomic mass is 16.5. The molecule has 160 valence electrons. The molecule has 1 aliphatic heterocycles. The first-order valence-electron chi connectivity index (χ1n) is 10.6. The van der Waals surface area contributed by atoms with Gasteiger partial charge in [-0.3, -0.25) is 9.59 Å². The fraction of sp³-hybridized carbons (Fsp3) is 0.478. The van der Waals surface area contributed by atoms with Crippen molar-refractivity contribution in [2.45, 2.75) is 44.2 Å². The number of hydrogen-bond donors (Lipinski definition) is 2. The van der Waals surface area contributed by atoms with E-state index in [2.05, 4.69) is 5.32 Å². The molecule has 0 spiro atoms. The van der Waals surface area contributed by atoms with Crippen molar-refractivity contribution in [3.05, 3.63) is 54.0 Å². The number of ether oxygens (including phenoxy) is 1. The largest absolute Gasteiger partial charge is 0.459 e.